The molecule has 0 aliphatic rings. The molecular formula is C23H22FNO2S. The molecule has 0 atom stereocenters. The van der Waals surface area contributed by atoms with Crippen LogP contribution >= 0.6 is 11.8 Å². The Hall–Kier alpha value is -2.79. The first-order valence-corrected chi connectivity index (χ1v) is 9.95. The van der Waals surface area contributed by atoms with E-state index < -0.39 is 5.97 Å². The van der Waals surface area contributed by atoms with Gasteiger partial charge in [-0.05, 0) is 66.9 Å². The molecular weight excluding hydrogens is 373 g/mol. The predicted octanol–water partition coefficient (Wildman–Crippen LogP) is 5.90. The Balaban J connectivity index is 1.71. The summed E-state index contributed by atoms with van der Waals surface area (Å²) in [5, 5.41) is 12.0. The van der Waals surface area contributed by atoms with Gasteiger partial charge in [-0.2, -0.15) is 0 Å². The third-order valence-corrected chi connectivity index (χ3v) is 5.44. The first kappa shape index (κ1) is 20.0. The third-order valence-electron chi connectivity index (χ3n) is 4.44. The van der Waals surface area contributed by atoms with Crippen molar-refractivity contribution in [1.29, 1.82) is 0 Å². The molecule has 0 fully saturated rings. The fraction of sp³-hybridized carbons (Fsp3) is 0.174. The number of halogens is 1. The summed E-state index contributed by atoms with van der Waals surface area (Å²) in [6.45, 7) is 4.49. The van der Waals surface area contributed by atoms with Gasteiger partial charge in [0.05, 0.1) is 5.75 Å². The highest BCUT2D eigenvalue weighted by Crippen LogP contribution is 2.27. The van der Waals surface area contributed by atoms with Crippen LogP contribution in [0.3, 0.4) is 0 Å². The summed E-state index contributed by atoms with van der Waals surface area (Å²) in [6.07, 6.45) is 0. The van der Waals surface area contributed by atoms with Gasteiger partial charge in [0, 0.05) is 22.7 Å². The van der Waals surface area contributed by atoms with Gasteiger partial charge in [-0.15, -0.1) is 11.8 Å². The van der Waals surface area contributed by atoms with Gasteiger partial charge in [-0.25, -0.2) is 4.39 Å². The number of hydrogen-bond acceptors (Lipinski definition) is 3. The number of hydrogen-bond donors (Lipinski definition) is 2. The zero-order valence-electron chi connectivity index (χ0n) is 15.8. The minimum absolute atomic E-state index is 0.0310. The highest BCUT2D eigenvalue weighted by atomic mass is 32.2. The fourth-order valence-electron chi connectivity index (χ4n) is 3.03. The second kappa shape index (κ2) is 8.93. The molecule has 0 radical (unpaired) electrons. The third kappa shape index (κ3) is 5.14. The molecule has 0 unspecified atom stereocenters. The number of thioether (sulfide) groups is 1. The molecule has 0 aromatic heterocycles. The summed E-state index contributed by atoms with van der Waals surface area (Å²) in [5.41, 5.74) is 5.93. The first-order chi connectivity index (χ1) is 13.4. The Bertz CT molecular complexity index is 986. The molecule has 2 N–H and O–H groups in total. The predicted molar refractivity (Wildman–Crippen MR) is 113 cm³/mol. The quantitative estimate of drug-likeness (QED) is 0.489. The summed E-state index contributed by atoms with van der Waals surface area (Å²) in [7, 11) is 0. The number of aryl methyl sites for hydroxylation is 2. The Morgan fingerprint density at radius 1 is 1.04 bits per heavy atom. The van der Waals surface area contributed by atoms with Crippen molar-refractivity contribution in [2.45, 2.75) is 25.3 Å². The van der Waals surface area contributed by atoms with E-state index >= 15 is 0 Å². The molecule has 0 heterocycles. The maximum Gasteiger partial charge on any atom is 0.313 e. The number of carboxylic acids is 1. The van der Waals surface area contributed by atoms with Crippen molar-refractivity contribution in [3.63, 3.8) is 0 Å². The van der Waals surface area contributed by atoms with Crippen molar-refractivity contribution >= 4 is 23.4 Å². The van der Waals surface area contributed by atoms with E-state index in [2.05, 4.69) is 37.4 Å². The molecule has 0 bridgehead atoms. The summed E-state index contributed by atoms with van der Waals surface area (Å²) in [5.74, 6) is -1.05. The number of benzene rings is 3. The summed E-state index contributed by atoms with van der Waals surface area (Å²) in [4.78, 5) is 11.5. The molecule has 3 aromatic carbocycles. The zero-order chi connectivity index (χ0) is 20.1. The summed E-state index contributed by atoms with van der Waals surface area (Å²) < 4.78 is 14.3. The van der Waals surface area contributed by atoms with Crippen molar-refractivity contribution in [3.05, 3.63) is 83.2 Å². The van der Waals surface area contributed by atoms with Crippen LogP contribution in [0.5, 0.6) is 0 Å². The molecule has 28 heavy (non-hydrogen) atoms. The average molecular weight is 395 g/mol. The standard InChI is InChI=1S/C23H22FNO2S/c1-15-3-9-21(16(2)11-15)17-4-10-22(24)18(12-17)13-25-19-5-7-20(8-6-19)28-14-23(26)27/h3-12,25H,13-14H2,1-2H3,(H,26,27). The van der Waals surface area contributed by atoms with Crippen LogP contribution in [-0.4, -0.2) is 16.8 Å². The smallest absolute Gasteiger partial charge is 0.313 e. The SMILES string of the molecule is Cc1ccc(-c2ccc(F)c(CNc3ccc(SCC(=O)O)cc3)c2)c(C)c1. The lowest BCUT2D eigenvalue weighted by atomic mass is 9.97. The number of nitrogens with one attached hydrogen (secondary N) is 1. The number of rotatable bonds is 7. The van der Waals surface area contributed by atoms with Gasteiger partial charge in [0.15, 0.2) is 0 Å². The van der Waals surface area contributed by atoms with Gasteiger partial charge in [-0.1, -0.05) is 29.8 Å². The molecule has 0 spiro atoms. The Labute approximate surface area is 168 Å². The van der Waals surface area contributed by atoms with E-state index in [1.165, 1.54) is 29.0 Å². The van der Waals surface area contributed by atoms with Gasteiger partial charge in [-0.3, -0.25) is 4.79 Å². The number of carboxylic acid groups (broad SMARTS) is 1. The fourth-order valence-corrected chi connectivity index (χ4v) is 3.65. The van der Waals surface area contributed by atoms with Crippen molar-refractivity contribution in [1.82, 2.24) is 0 Å². The summed E-state index contributed by atoms with van der Waals surface area (Å²) >= 11 is 1.27. The lowest BCUT2D eigenvalue weighted by Gasteiger charge is -2.12. The van der Waals surface area contributed by atoms with Crippen molar-refractivity contribution < 1.29 is 14.3 Å². The largest absolute Gasteiger partial charge is 0.481 e. The Kier molecular flexibility index (Phi) is 6.37. The molecule has 0 saturated carbocycles. The average Bonchev–Trinajstić information content (AvgIpc) is 2.67. The summed E-state index contributed by atoms with van der Waals surface area (Å²) in [6, 6.07) is 18.9. The topological polar surface area (TPSA) is 49.3 Å². The van der Waals surface area contributed by atoms with Gasteiger partial charge in [0.1, 0.15) is 5.82 Å². The van der Waals surface area contributed by atoms with Crippen LogP contribution in [0, 0.1) is 19.7 Å². The highest BCUT2D eigenvalue weighted by Gasteiger charge is 2.08. The molecule has 3 aromatic rings. The van der Waals surface area contributed by atoms with Crippen LogP contribution in [0.4, 0.5) is 10.1 Å². The van der Waals surface area contributed by atoms with Crippen LogP contribution in [0.1, 0.15) is 16.7 Å². The second-order valence-corrected chi connectivity index (χ2v) is 7.73. The molecule has 0 amide bonds. The molecule has 144 valence electrons. The Morgan fingerprint density at radius 2 is 1.79 bits per heavy atom. The maximum atomic E-state index is 14.3. The number of carbonyl (C=O) groups is 1. The molecule has 0 aliphatic heterocycles. The van der Waals surface area contributed by atoms with Crippen LogP contribution < -0.4 is 5.32 Å². The first-order valence-electron chi connectivity index (χ1n) is 8.97. The van der Waals surface area contributed by atoms with E-state index in [0.29, 0.717) is 12.1 Å². The second-order valence-electron chi connectivity index (χ2n) is 6.68. The van der Waals surface area contributed by atoms with E-state index in [0.717, 1.165) is 21.7 Å². The molecule has 3 rings (SSSR count). The van der Waals surface area contributed by atoms with E-state index in [-0.39, 0.29) is 11.6 Å². The van der Waals surface area contributed by atoms with Crippen molar-refractivity contribution in [3.8, 4) is 11.1 Å². The van der Waals surface area contributed by atoms with E-state index in [4.69, 9.17) is 5.11 Å². The monoisotopic (exact) mass is 395 g/mol. The molecule has 0 aliphatic carbocycles. The minimum Gasteiger partial charge on any atom is -0.481 e. The van der Waals surface area contributed by atoms with E-state index in [1.807, 2.05) is 36.4 Å². The van der Waals surface area contributed by atoms with E-state index in [9.17, 15) is 9.18 Å². The number of aliphatic carboxylic acids is 1. The van der Waals surface area contributed by atoms with Crippen molar-refractivity contribution in [2.24, 2.45) is 0 Å². The van der Waals surface area contributed by atoms with Gasteiger partial charge in [0.2, 0.25) is 0 Å². The lowest BCUT2D eigenvalue weighted by molar-refractivity contribution is -0.133. The molecule has 5 heteroatoms. The van der Waals surface area contributed by atoms with Gasteiger partial charge < -0.3 is 10.4 Å². The number of anilines is 1. The minimum atomic E-state index is -0.841. The lowest BCUT2D eigenvalue weighted by Crippen LogP contribution is -2.02. The van der Waals surface area contributed by atoms with Gasteiger partial charge >= 0.3 is 5.97 Å². The van der Waals surface area contributed by atoms with Crippen LogP contribution in [0.15, 0.2) is 65.6 Å². The van der Waals surface area contributed by atoms with Crippen LogP contribution in [0.25, 0.3) is 11.1 Å². The van der Waals surface area contributed by atoms with Crippen LogP contribution in [-0.2, 0) is 11.3 Å². The zero-order valence-corrected chi connectivity index (χ0v) is 16.6. The molecule has 0 saturated heterocycles. The van der Waals surface area contributed by atoms with Gasteiger partial charge in [0.25, 0.3) is 0 Å². The van der Waals surface area contributed by atoms with E-state index in [1.54, 1.807) is 0 Å². The molecule has 3 nitrogen and oxygen atoms in total. The van der Waals surface area contributed by atoms with Crippen LogP contribution in [0.2, 0.25) is 0 Å². The normalized spacial score (nSPS) is 10.7. The highest BCUT2D eigenvalue weighted by molar-refractivity contribution is 8.00. The van der Waals surface area contributed by atoms with Crippen molar-refractivity contribution in [2.75, 3.05) is 11.1 Å². The maximum absolute atomic E-state index is 14.3. The Morgan fingerprint density at radius 3 is 2.46 bits per heavy atom.